The normalized spacial score (nSPS) is 16.2. The predicted molar refractivity (Wildman–Crippen MR) is 126 cm³/mol. The molecule has 0 amide bonds. The molecule has 7 heteroatoms. The van der Waals surface area contributed by atoms with Crippen molar-refractivity contribution in [3.63, 3.8) is 0 Å². The van der Waals surface area contributed by atoms with Gasteiger partial charge in [0.05, 0.1) is 17.2 Å². The van der Waals surface area contributed by atoms with Crippen LogP contribution in [0.1, 0.15) is 49.5 Å². The van der Waals surface area contributed by atoms with Crippen molar-refractivity contribution in [1.29, 1.82) is 0 Å². The number of carbonyl (C=O) groups excluding carboxylic acids is 1. The van der Waals surface area contributed by atoms with Gasteiger partial charge in [0.25, 0.3) is 0 Å². The van der Waals surface area contributed by atoms with E-state index in [1.165, 1.54) is 0 Å². The van der Waals surface area contributed by atoms with Crippen LogP contribution in [-0.2, 0) is 16.0 Å². The second kappa shape index (κ2) is 9.53. The second-order valence-electron chi connectivity index (χ2n) is 8.98. The van der Waals surface area contributed by atoms with Gasteiger partial charge in [0.2, 0.25) is 5.95 Å². The minimum Gasteiger partial charge on any atom is -0.456 e. The van der Waals surface area contributed by atoms with E-state index in [0.717, 1.165) is 48.3 Å². The lowest BCUT2D eigenvalue weighted by Crippen LogP contribution is -2.24. The van der Waals surface area contributed by atoms with Crippen LogP contribution in [-0.4, -0.2) is 40.8 Å². The van der Waals surface area contributed by atoms with Gasteiger partial charge < -0.3 is 20.1 Å². The third kappa shape index (κ3) is 5.73. The number of nitrogens with one attached hydrogen (secondary N) is 2. The summed E-state index contributed by atoms with van der Waals surface area (Å²) >= 11 is 0. The van der Waals surface area contributed by atoms with Crippen molar-refractivity contribution in [1.82, 2.24) is 9.97 Å². The lowest BCUT2D eigenvalue weighted by Gasteiger charge is -2.19. The first kappa shape index (κ1) is 22.0. The highest BCUT2D eigenvalue weighted by molar-refractivity contribution is 5.90. The van der Waals surface area contributed by atoms with Gasteiger partial charge in [0, 0.05) is 25.1 Å². The molecule has 0 spiro atoms. The maximum atomic E-state index is 12.4. The molecule has 32 heavy (non-hydrogen) atoms. The van der Waals surface area contributed by atoms with Crippen molar-refractivity contribution < 1.29 is 14.3 Å². The van der Waals surface area contributed by atoms with Crippen molar-refractivity contribution in [2.24, 2.45) is 0 Å². The second-order valence-corrected chi connectivity index (χ2v) is 8.98. The average Bonchev–Trinajstić information content (AvgIpc) is 3.29. The van der Waals surface area contributed by atoms with E-state index in [0.29, 0.717) is 18.1 Å². The number of nitrogens with zero attached hydrogens (tertiary/aromatic N) is 2. The van der Waals surface area contributed by atoms with Crippen molar-refractivity contribution in [3.8, 4) is 0 Å². The molecule has 1 aliphatic heterocycles. The monoisotopic (exact) mass is 434 g/mol. The summed E-state index contributed by atoms with van der Waals surface area (Å²) in [7, 11) is 0. The van der Waals surface area contributed by atoms with Crippen LogP contribution >= 0.6 is 0 Å². The number of hydrogen-bond acceptors (Lipinski definition) is 7. The lowest BCUT2D eigenvalue weighted by molar-refractivity contribution is 0.00694. The van der Waals surface area contributed by atoms with Gasteiger partial charge in [0.15, 0.2) is 0 Å². The van der Waals surface area contributed by atoms with Crippen molar-refractivity contribution in [2.75, 3.05) is 23.8 Å². The van der Waals surface area contributed by atoms with Gasteiger partial charge in [-0.05, 0) is 63.4 Å². The molecule has 1 aliphatic rings. The Labute approximate surface area is 188 Å². The first-order chi connectivity index (χ1) is 15.4. The van der Waals surface area contributed by atoms with Crippen molar-refractivity contribution >= 4 is 28.6 Å². The number of aromatic nitrogens is 2. The van der Waals surface area contributed by atoms with Gasteiger partial charge >= 0.3 is 5.97 Å². The zero-order valence-electron chi connectivity index (χ0n) is 18.9. The molecule has 1 atom stereocenters. The van der Waals surface area contributed by atoms with Crippen molar-refractivity contribution in [2.45, 2.75) is 51.9 Å². The number of para-hydroxylation sites is 1. The van der Waals surface area contributed by atoms with Crippen LogP contribution in [0.5, 0.6) is 0 Å². The van der Waals surface area contributed by atoms with E-state index in [-0.39, 0.29) is 12.1 Å². The first-order valence-corrected chi connectivity index (χ1v) is 11.1. The molecule has 1 saturated heterocycles. The lowest BCUT2D eigenvalue weighted by atomic mass is 10.1. The molecule has 0 radical (unpaired) electrons. The number of anilines is 2. The topological polar surface area (TPSA) is 85.4 Å². The number of ether oxygens (including phenoxy) is 2. The van der Waals surface area contributed by atoms with E-state index in [2.05, 4.69) is 15.6 Å². The molecule has 2 aromatic carbocycles. The number of carbonyl (C=O) groups is 1. The van der Waals surface area contributed by atoms with Gasteiger partial charge in [-0.25, -0.2) is 9.78 Å². The molecular formula is C25H30N4O3. The minimum absolute atomic E-state index is 0.218. The Hall–Kier alpha value is -3.19. The largest absolute Gasteiger partial charge is 0.456 e. The van der Waals surface area contributed by atoms with Crippen LogP contribution in [0.3, 0.4) is 0 Å². The molecule has 1 aromatic heterocycles. The number of hydrogen-bond donors (Lipinski definition) is 2. The molecule has 2 N–H and O–H groups in total. The van der Waals surface area contributed by atoms with E-state index in [1.54, 1.807) is 6.07 Å². The smallest absolute Gasteiger partial charge is 0.338 e. The fourth-order valence-corrected chi connectivity index (χ4v) is 3.63. The van der Waals surface area contributed by atoms with Crippen LogP contribution in [0.4, 0.5) is 11.8 Å². The fourth-order valence-electron chi connectivity index (χ4n) is 3.63. The Balaban J connectivity index is 1.48. The molecule has 0 saturated carbocycles. The Morgan fingerprint density at radius 2 is 1.97 bits per heavy atom. The summed E-state index contributed by atoms with van der Waals surface area (Å²) in [6, 6.07) is 15.3. The summed E-state index contributed by atoms with van der Waals surface area (Å²) in [5, 5.41) is 7.70. The summed E-state index contributed by atoms with van der Waals surface area (Å²) in [4.78, 5) is 21.7. The predicted octanol–water partition coefficient (Wildman–Crippen LogP) is 4.79. The quantitative estimate of drug-likeness (QED) is 0.517. The zero-order valence-corrected chi connectivity index (χ0v) is 18.9. The van der Waals surface area contributed by atoms with Gasteiger partial charge in [-0.2, -0.15) is 4.98 Å². The molecule has 7 nitrogen and oxygen atoms in total. The molecule has 3 aromatic rings. The zero-order chi connectivity index (χ0) is 22.6. The summed E-state index contributed by atoms with van der Waals surface area (Å²) < 4.78 is 11.2. The summed E-state index contributed by atoms with van der Waals surface area (Å²) in [5.41, 5.74) is 1.80. The molecule has 2 heterocycles. The molecule has 0 aliphatic carbocycles. The van der Waals surface area contributed by atoms with E-state index < -0.39 is 5.60 Å². The highest BCUT2D eigenvalue weighted by atomic mass is 16.6. The molecule has 1 unspecified atom stereocenters. The standard InChI is InChI=1S/C25H30N4O3/c1-25(2,3)32-23(30)18-9-6-8-17(14-18)15-27-24-28-21-12-5-4-11-20(21)22(29-24)26-16-19-10-7-13-31-19/h4-6,8-9,11-12,14,19H,7,10,13,15-16H2,1-3H3,(H2,26,27,28,29). The van der Waals surface area contributed by atoms with Gasteiger partial charge in [-0.1, -0.05) is 24.3 Å². The van der Waals surface area contributed by atoms with Crippen LogP contribution in [0.2, 0.25) is 0 Å². The highest BCUT2D eigenvalue weighted by Crippen LogP contribution is 2.23. The summed E-state index contributed by atoms with van der Waals surface area (Å²) in [5.74, 6) is 0.985. The molecule has 4 rings (SSSR count). The SMILES string of the molecule is CC(C)(C)OC(=O)c1cccc(CNc2nc(NCC3CCCO3)c3ccccc3n2)c1. The van der Waals surface area contributed by atoms with Gasteiger partial charge in [0.1, 0.15) is 11.4 Å². The first-order valence-electron chi connectivity index (χ1n) is 11.1. The summed E-state index contributed by atoms with van der Waals surface area (Å²) in [6.07, 6.45) is 2.39. The van der Waals surface area contributed by atoms with Crippen LogP contribution < -0.4 is 10.6 Å². The molecule has 168 valence electrons. The molecular weight excluding hydrogens is 404 g/mol. The van der Waals surface area contributed by atoms with Crippen molar-refractivity contribution in [3.05, 3.63) is 59.7 Å². The van der Waals surface area contributed by atoms with Crippen LogP contribution in [0.15, 0.2) is 48.5 Å². The van der Waals surface area contributed by atoms with E-state index >= 15 is 0 Å². The highest BCUT2D eigenvalue weighted by Gasteiger charge is 2.18. The number of fused-ring (bicyclic) bond motifs is 1. The van der Waals surface area contributed by atoms with Gasteiger partial charge in [-0.15, -0.1) is 0 Å². The van der Waals surface area contributed by atoms with Crippen LogP contribution in [0, 0.1) is 0 Å². The Kier molecular flexibility index (Phi) is 6.55. The Morgan fingerprint density at radius 1 is 1.12 bits per heavy atom. The maximum absolute atomic E-state index is 12.4. The van der Waals surface area contributed by atoms with Crippen LogP contribution in [0.25, 0.3) is 10.9 Å². The Bertz CT molecular complexity index is 1090. The van der Waals surface area contributed by atoms with E-state index in [9.17, 15) is 4.79 Å². The third-order valence-corrected chi connectivity index (χ3v) is 5.14. The summed E-state index contributed by atoms with van der Waals surface area (Å²) in [6.45, 7) is 7.61. The third-order valence-electron chi connectivity index (χ3n) is 5.14. The number of esters is 1. The maximum Gasteiger partial charge on any atom is 0.338 e. The number of benzene rings is 2. The van der Waals surface area contributed by atoms with Gasteiger partial charge in [-0.3, -0.25) is 0 Å². The van der Waals surface area contributed by atoms with E-state index in [4.69, 9.17) is 14.5 Å². The molecule has 0 bridgehead atoms. The average molecular weight is 435 g/mol. The minimum atomic E-state index is -0.531. The fraction of sp³-hybridized carbons (Fsp3) is 0.400. The molecule has 1 fully saturated rings. The van der Waals surface area contributed by atoms with E-state index in [1.807, 2.05) is 63.2 Å². The number of rotatable bonds is 7. The Morgan fingerprint density at radius 3 is 2.75 bits per heavy atom.